The third-order valence-corrected chi connectivity index (χ3v) is 6.38. The Balaban J connectivity index is 1.63. The van der Waals surface area contributed by atoms with E-state index in [1.807, 2.05) is 12.1 Å². The van der Waals surface area contributed by atoms with Crippen LogP contribution in [0.3, 0.4) is 0 Å². The summed E-state index contributed by atoms with van der Waals surface area (Å²) in [7, 11) is 1.70. The number of methoxy groups -OCH3 is 1. The number of fused-ring (bicyclic) bond motifs is 3. The van der Waals surface area contributed by atoms with Gasteiger partial charge in [0.1, 0.15) is 5.75 Å². The molecular formula is C24H31N3O2. The Morgan fingerprint density at radius 1 is 1.21 bits per heavy atom. The highest BCUT2D eigenvalue weighted by molar-refractivity contribution is 5.82. The molecule has 0 bridgehead atoms. The number of para-hydroxylation sites is 1. The van der Waals surface area contributed by atoms with Crippen molar-refractivity contribution in [2.75, 3.05) is 36.5 Å². The Hall–Kier alpha value is -2.69. The molecular weight excluding hydrogens is 362 g/mol. The highest BCUT2D eigenvalue weighted by Gasteiger charge is 2.41. The van der Waals surface area contributed by atoms with Gasteiger partial charge in [-0.2, -0.15) is 0 Å². The Morgan fingerprint density at radius 3 is 2.83 bits per heavy atom. The SMILES string of the molecule is CC[C@H](C)NC(=O)[C@@H]1Cc2ccccc2N2CCN(c3cccc(OC)c3)C[C@H]12. The van der Waals surface area contributed by atoms with E-state index in [1.165, 1.54) is 11.3 Å². The first-order chi connectivity index (χ1) is 14.1. The van der Waals surface area contributed by atoms with Gasteiger partial charge in [0.25, 0.3) is 0 Å². The molecule has 3 atom stereocenters. The fourth-order valence-corrected chi connectivity index (χ4v) is 4.55. The highest BCUT2D eigenvalue weighted by atomic mass is 16.5. The number of nitrogens with zero attached hydrogens (tertiary/aromatic N) is 2. The number of hydrogen-bond acceptors (Lipinski definition) is 4. The number of piperazine rings is 1. The molecule has 0 radical (unpaired) electrons. The molecule has 154 valence electrons. The van der Waals surface area contributed by atoms with Gasteiger partial charge in [-0.25, -0.2) is 0 Å². The van der Waals surface area contributed by atoms with Crippen LogP contribution in [0.5, 0.6) is 5.75 Å². The van der Waals surface area contributed by atoms with Gasteiger partial charge in [-0.15, -0.1) is 0 Å². The summed E-state index contributed by atoms with van der Waals surface area (Å²) in [5, 5.41) is 3.23. The van der Waals surface area contributed by atoms with Crippen LogP contribution in [-0.2, 0) is 11.2 Å². The topological polar surface area (TPSA) is 44.8 Å². The standard InChI is InChI=1S/C24H31N3O2/c1-4-17(2)25-24(28)21-14-18-8-5-6-11-22(18)27-13-12-26(16-23(21)27)19-9-7-10-20(15-19)29-3/h5-11,15,17,21,23H,4,12-14,16H2,1-3H3,(H,25,28)/t17-,21+,23+/m0/s1. The van der Waals surface area contributed by atoms with Crippen LogP contribution in [0.1, 0.15) is 25.8 Å². The van der Waals surface area contributed by atoms with E-state index in [1.54, 1.807) is 7.11 Å². The van der Waals surface area contributed by atoms with Crippen LogP contribution in [0.15, 0.2) is 48.5 Å². The predicted octanol–water partition coefficient (Wildman–Crippen LogP) is 3.48. The number of hydrogen-bond donors (Lipinski definition) is 1. The maximum Gasteiger partial charge on any atom is 0.225 e. The smallest absolute Gasteiger partial charge is 0.225 e. The number of carbonyl (C=O) groups is 1. The van der Waals surface area contributed by atoms with Crippen molar-refractivity contribution in [2.24, 2.45) is 5.92 Å². The van der Waals surface area contributed by atoms with Crippen LogP contribution < -0.4 is 19.9 Å². The van der Waals surface area contributed by atoms with Crippen molar-refractivity contribution >= 4 is 17.3 Å². The Kier molecular flexibility index (Phi) is 5.65. The van der Waals surface area contributed by atoms with Gasteiger partial charge in [-0.05, 0) is 43.5 Å². The minimum Gasteiger partial charge on any atom is -0.497 e. The lowest BCUT2D eigenvalue weighted by molar-refractivity contribution is -0.126. The number of anilines is 2. The van der Waals surface area contributed by atoms with Crippen molar-refractivity contribution in [2.45, 2.75) is 38.8 Å². The summed E-state index contributed by atoms with van der Waals surface area (Å²) >= 11 is 0. The Morgan fingerprint density at radius 2 is 2.03 bits per heavy atom. The maximum atomic E-state index is 13.2. The number of amides is 1. The molecule has 2 aromatic carbocycles. The molecule has 1 amide bonds. The zero-order chi connectivity index (χ0) is 20.4. The van der Waals surface area contributed by atoms with E-state index in [0.717, 1.165) is 43.9 Å². The van der Waals surface area contributed by atoms with E-state index >= 15 is 0 Å². The van der Waals surface area contributed by atoms with Gasteiger partial charge in [-0.1, -0.05) is 31.2 Å². The van der Waals surface area contributed by atoms with Gasteiger partial charge < -0.3 is 19.9 Å². The Bertz CT molecular complexity index is 869. The highest BCUT2D eigenvalue weighted by Crippen LogP contribution is 2.37. The van der Waals surface area contributed by atoms with Gasteiger partial charge >= 0.3 is 0 Å². The van der Waals surface area contributed by atoms with Gasteiger partial charge in [0.15, 0.2) is 0 Å². The first-order valence-electron chi connectivity index (χ1n) is 10.6. The number of rotatable bonds is 5. The van der Waals surface area contributed by atoms with E-state index in [4.69, 9.17) is 4.74 Å². The van der Waals surface area contributed by atoms with Gasteiger partial charge in [-0.3, -0.25) is 4.79 Å². The van der Waals surface area contributed by atoms with Crippen molar-refractivity contribution in [1.29, 1.82) is 0 Å². The molecule has 1 N–H and O–H groups in total. The second-order valence-corrected chi connectivity index (χ2v) is 8.17. The largest absolute Gasteiger partial charge is 0.497 e. The lowest BCUT2D eigenvalue weighted by Crippen LogP contribution is -2.61. The van der Waals surface area contributed by atoms with Gasteiger partial charge in [0, 0.05) is 43.1 Å². The summed E-state index contributed by atoms with van der Waals surface area (Å²) in [6.45, 7) is 6.86. The maximum absolute atomic E-state index is 13.2. The van der Waals surface area contributed by atoms with E-state index in [0.29, 0.717) is 0 Å². The van der Waals surface area contributed by atoms with Crippen LogP contribution in [0.25, 0.3) is 0 Å². The molecule has 1 saturated heterocycles. The van der Waals surface area contributed by atoms with Crippen LogP contribution >= 0.6 is 0 Å². The van der Waals surface area contributed by atoms with Crippen molar-refractivity contribution < 1.29 is 9.53 Å². The van der Waals surface area contributed by atoms with Crippen molar-refractivity contribution in [3.8, 4) is 5.75 Å². The number of ether oxygens (including phenoxy) is 1. The molecule has 0 saturated carbocycles. The first-order valence-corrected chi connectivity index (χ1v) is 10.6. The van der Waals surface area contributed by atoms with Crippen molar-refractivity contribution in [1.82, 2.24) is 5.32 Å². The summed E-state index contributed by atoms with van der Waals surface area (Å²) in [6, 6.07) is 17.1. The average Bonchev–Trinajstić information content (AvgIpc) is 2.77. The minimum atomic E-state index is -0.0488. The van der Waals surface area contributed by atoms with Crippen molar-refractivity contribution in [3.05, 3.63) is 54.1 Å². The monoisotopic (exact) mass is 393 g/mol. The molecule has 2 aromatic rings. The summed E-state index contributed by atoms with van der Waals surface area (Å²) in [5.74, 6) is 0.994. The second-order valence-electron chi connectivity index (χ2n) is 8.17. The molecule has 29 heavy (non-hydrogen) atoms. The molecule has 2 aliphatic rings. The van der Waals surface area contributed by atoms with E-state index in [2.05, 4.69) is 65.4 Å². The zero-order valence-electron chi connectivity index (χ0n) is 17.6. The summed E-state index contributed by atoms with van der Waals surface area (Å²) in [5.41, 5.74) is 3.72. The molecule has 1 fully saturated rings. The van der Waals surface area contributed by atoms with Gasteiger partial charge in [0.2, 0.25) is 5.91 Å². The number of carbonyl (C=O) groups excluding carboxylic acids is 1. The first kappa shape index (κ1) is 19.6. The lowest BCUT2D eigenvalue weighted by Gasteiger charge is -2.49. The van der Waals surface area contributed by atoms with E-state index < -0.39 is 0 Å². The fourth-order valence-electron chi connectivity index (χ4n) is 4.55. The molecule has 2 aliphatic heterocycles. The third kappa shape index (κ3) is 3.91. The normalized spacial score (nSPS) is 21.8. The van der Waals surface area contributed by atoms with E-state index in [-0.39, 0.29) is 23.9 Å². The average molecular weight is 394 g/mol. The molecule has 4 rings (SSSR count). The lowest BCUT2D eigenvalue weighted by atomic mass is 9.83. The third-order valence-electron chi connectivity index (χ3n) is 6.38. The van der Waals surface area contributed by atoms with Crippen LogP contribution in [0, 0.1) is 5.92 Å². The number of benzene rings is 2. The van der Waals surface area contributed by atoms with Crippen LogP contribution in [0.2, 0.25) is 0 Å². The molecule has 2 heterocycles. The minimum absolute atomic E-state index is 0.0488. The van der Waals surface area contributed by atoms with E-state index in [9.17, 15) is 4.79 Å². The molecule has 0 unspecified atom stereocenters. The summed E-state index contributed by atoms with van der Waals surface area (Å²) < 4.78 is 5.41. The summed E-state index contributed by atoms with van der Waals surface area (Å²) in [4.78, 5) is 18.0. The molecule has 0 aromatic heterocycles. The Labute approximate surface area is 173 Å². The quantitative estimate of drug-likeness (QED) is 0.845. The zero-order valence-corrected chi connectivity index (χ0v) is 17.6. The number of nitrogens with one attached hydrogen (secondary N) is 1. The second kappa shape index (κ2) is 8.36. The van der Waals surface area contributed by atoms with Crippen LogP contribution in [-0.4, -0.2) is 44.7 Å². The van der Waals surface area contributed by atoms with Gasteiger partial charge in [0.05, 0.1) is 19.1 Å². The summed E-state index contributed by atoms with van der Waals surface area (Å²) in [6.07, 6.45) is 1.74. The molecule has 0 aliphatic carbocycles. The molecule has 5 heteroatoms. The van der Waals surface area contributed by atoms with Crippen molar-refractivity contribution in [3.63, 3.8) is 0 Å². The fraction of sp³-hybridized carbons (Fsp3) is 0.458. The predicted molar refractivity (Wildman–Crippen MR) is 118 cm³/mol. The molecule has 0 spiro atoms. The molecule has 5 nitrogen and oxygen atoms in total. The van der Waals surface area contributed by atoms with Crippen LogP contribution in [0.4, 0.5) is 11.4 Å².